The van der Waals surface area contributed by atoms with E-state index >= 15 is 0 Å². The second kappa shape index (κ2) is 27.7. The first-order valence-electron chi connectivity index (χ1n) is 26.2. The molecule has 0 radical (unpaired) electrons. The summed E-state index contributed by atoms with van der Waals surface area (Å²) in [5.41, 5.74) is 11.0. The van der Waals surface area contributed by atoms with Gasteiger partial charge in [0.25, 0.3) is 0 Å². The number of rotatable bonds is 19. The lowest BCUT2D eigenvalue weighted by molar-refractivity contribution is -0.118. The predicted molar refractivity (Wildman–Crippen MR) is 301 cm³/mol. The van der Waals surface area contributed by atoms with Crippen LogP contribution in [0.25, 0.3) is 0 Å². The molecule has 0 unspecified atom stereocenters. The monoisotopic (exact) mass is 1070 g/mol. The van der Waals surface area contributed by atoms with E-state index in [9.17, 15) is 32.4 Å². The molecule has 0 bridgehead atoms. The lowest BCUT2D eigenvalue weighted by atomic mass is 10.2. The number of sulfone groups is 1. The number of benzene rings is 4. The van der Waals surface area contributed by atoms with Crippen molar-refractivity contribution < 1.29 is 27.6 Å². The number of anilines is 4. The summed E-state index contributed by atoms with van der Waals surface area (Å²) in [6.07, 6.45) is 11.2. The number of carbonyl (C=O) groups is 4. The van der Waals surface area contributed by atoms with E-state index in [1.54, 1.807) is 53.2 Å². The molecular formula is C56H71N11O7S2. The number of carbonyl (C=O) groups excluding carboxylic acids is 4. The number of hydrogen-bond acceptors (Lipinski definition) is 12. The van der Waals surface area contributed by atoms with Crippen LogP contribution in [-0.2, 0) is 48.4 Å². The fraction of sp³-hybridized carbons (Fsp3) is 0.411. The molecular weight excluding hydrogens is 1000 g/mol. The van der Waals surface area contributed by atoms with Crippen LogP contribution in [0.5, 0.6) is 0 Å². The van der Waals surface area contributed by atoms with Crippen LogP contribution < -0.4 is 43.0 Å². The Kier molecular flexibility index (Phi) is 20.6. The number of amides is 4. The third kappa shape index (κ3) is 17.3. The summed E-state index contributed by atoms with van der Waals surface area (Å²) in [7, 11) is -1.68. The van der Waals surface area contributed by atoms with Gasteiger partial charge in [-0.25, -0.2) is 22.9 Å². The molecule has 4 aliphatic rings. The Labute approximate surface area is 450 Å². The third-order valence-electron chi connectivity index (χ3n) is 13.0. The number of nitrogens with zero attached hydrogens (tertiary/aromatic N) is 5. The number of aromatic nitrogens is 2. The van der Waals surface area contributed by atoms with Gasteiger partial charge in [-0.3, -0.25) is 19.2 Å². The zero-order valence-electron chi connectivity index (χ0n) is 43.7. The van der Waals surface area contributed by atoms with Crippen molar-refractivity contribution in [2.45, 2.75) is 106 Å². The van der Waals surface area contributed by atoms with Gasteiger partial charge in [0.05, 0.1) is 27.8 Å². The smallest absolute Gasteiger partial charge is 0.367 e. The maximum Gasteiger partial charge on any atom is 0.367 e. The highest BCUT2D eigenvalue weighted by molar-refractivity contribution is 8.00. The number of nitrogens with two attached hydrogens (primary N) is 1. The van der Waals surface area contributed by atoms with Gasteiger partial charge in [0, 0.05) is 79.8 Å². The molecule has 2 heterocycles. The van der Waals surface area contributed by atoms with Crippen LogP contribution in [0.3, 0.4) is 0 Å². The molecule has 0 spiro atoms. The van der Waals surface area contributed by atoms with Gasteiger partial charge in [0.1, 0.15) is 5.03 Å². The number of thioether (sulfide) groups is 1. The summed E-state index contributed by atoms with van der Waals surface area (Å²) in [6.45, 7) is 8.66. The number of aliphatic imine (C=N–C) groups is 1. The summed E-state index contributed by atoms with van der Waals surface area (Å²) in [4.78, 5) is 71.5. The minimum absolute atomic E-state index is 0.0389. The van der Waals surface area contributed by atoms with Gasteiger partial charge in [-0.2, -0.15) is 4.98 Å². The Hall–Kier alpha value is -7.03. The van der Waals surface area contributed by atoms with Crippen molar-refractivity contribution >= 4 is 73.9 Å². The fourth-order valence-corrected chi connectivity index (χ4v) is 10.7. The quantitative estimate of drug-likeness (QED) is 0.0158. The van der Waals surface area contributed by atoms with E-state index in [2.05, 4.69) is 72.6 Å². The first-order valence-corrected chi connectivity index (χ1v) is 28.7. The van der Waals surface area contributed by atoms with Crippen molar-refractivity contribution in [2.75, 3.05) is 71.8 Å². The third-order valence-corrected chi connectivity index (χ3v) is 15.7. The Bertz CT molecular complexity index is 2930. The molecule has 20 heteroatoms. The molecule has 7 N–H and O–H groups in total. The molecule has 5 aromatic rings. The lowest BCUT2D eigenvalue weighted by Crippen LogP contribution is -2.54. The first-order chi connectivity index (χ1) is 36.7. The average Bonchev–Trinajstić information content (AvgIpc) is 4.37. The molecule has 0 atom stereocenters. The Morgan fingerprint density at radius 3 is 1.88 bits per heavy atom. The molecule has 18 nitrogen and oxygen atoms in total. The summed E-state index contributed by atoms with van der Waals surface area (Å²) in [5.74, 6) is 0.270. The summed E-state index contributed by atoms with van der Waals surface area (Å²) in [6, 6.07) is 29.6. The Balaban J connectivity index is 0.000000174. The number of unbranched alkanes of at least 4 members (excludes halogenated alkanes) is 3. The number of piperazine rings is 1. The number of fused-ring (bicyclic) bond motifs is 1. The molecule has 76 heavy (non-hydrogen) atoms. The Morgan fingerprint density at radius 1 is 0.724 bits per heavy atom. The van der Waals surface area contributed by atoms with Crippen molar-refractivity contribution in [2.24, 2.45) is 22.6 Å². The van der Waals surface area contributed by atoms with E-state index < -0.39 is 9.84 Å². The number of hydrogen-bond donors (Lipinski definition) is 6. The van der Waals surface area contributed by atoms with Gasteiger partial charge in [0.15, 0.2) is 5.96 Å². The van der Waals surface area contributed by atoms with Crippen molar-refractivity contribution in [1.82, 2.24) is 19.9 Å². The van der Waals surface area contributed by atoms with Crippen molar-refractivity contribution in [3.05, 3.63) is 130 Å². The Morgan fingerprint density at radius 2 is 1.30 bits per heavy atom. The predicted octanol–water partition coefficient (Wildman–Crippen LogP) is 7.19. The molecule has 2 saturated carbocycles. The number of guanidine groups is 1. The van der Waals surface area contributed by atoms with Crippen LogP contribution in [0, 0.1) is 11.8 Å². The van der Waals surface area contributed by atoms with Gasteiger partial charge in [-0.15, -0.1) is 0 Å². The molecule has 9 rings (SSSR count). The number of likely N-dealkylation sites (N-methyl/N-ethyl adjacent to an activating group) is 1. The molecule has 1 saturated heterocycles. The van der Waals surface area contributed by atoms with Gasteiger partial charge >= 0.3 is 5.69 Å². The van der Waals surface area contributed by atoms with E-state index in [1.807, 2.05) is 18.2 Å². The van der Waals surface area contributed by atoms with E-state index in [0.717, 1.165) is 95.3 Å². The summed E-state index contributed by atoms with van der Waals surface area (Å²) >= 11 is 1.30. The summed E-state index contributed by atoms with van der Waals surface area (Å²) < 4.78 is 27.7. The average molecular weight is 1070 g/mol. The van der Waals surface area contributed by atoms with E-state index in [-0.39, 0.29) is 56.7 Å². The SMILES string of the molecule is CC(=O)Nc1cccc(NC(=O)CSc2nc(=O)n(N3CCN(C)CC3)c3c2CCC3)c1.CCCCCCNC(N)=NCc1ccccc1.O=C(Nc1cccc(S(=O)(=O)c2cccc(NC(=O)C3CC3)c2)c1)C1CC1. The minimum Gasteiger partial charge on any atom is -0.370 e. The maximum absolute atomic E-state index is 13.0. The minimum atomic E-state index is -3.77. The first kappa shape index (κ1) is 56.7. The molecule has 1 aliphatic heterocycles. The van der Waals surface area contributed by atoms with Crippen LogP contribution in [0.1, 0.15) is 88.5 Å². The molecule has 3 fully saturated rings. The molecule has 4 aromatic carbocycles. The topological polar surface area (TPSA) is 242 Å². The standard InChI is InChI=1S/C22H28N6O3S.C20H20N2O4S.C14H23N3/c1-15(29)23-16-5-3-6-17(13-16)24-20(30)14-32-21-18-7-4-8-19(18)28(22(31)25-21)27-11-9-26(2)10-12-27;23-19(13-7-8-13)21-15-3-1-5-17(11-15)27(25,26)18-6-2-4-16(12-18)22-20(24)14-9-10-14;1-2-3-4-8-11-16-14(15)17-12-13-9-6-5-7-10-13/h3,5-6,13H,4,7-12,14H2,1-2H3,(H,23,29)(H,24,30);1-6,11-14H,7-10H2,(H,21,23)(H,22,24);5-7,9-10H,2-4,8,11-12H2,1H3,(H3,15,16,17). The maximum atomic E-state index is 13.0. The second-order valence-corrected chi connectivity index (χ2v) is 22.3. The molecule has 404 valence electrons. The summed E-state index contributed by atoms with van der Waals surface area (Å²) in [5, 5.41) is 17.0. The van der Waals surface area contributed by atoms with E-state index in [1.165, 1.54) is 67.8 Å². The van der Waals surface area contributed by atoms with E-state index in [4.69, 9.17) is 5.73 Å². The largest absolute Gasteiger partial charge is 0.370 e. The highest BCUT2D eigenvalue weighted by Crippen LogP contribution is 2.33. The van der Waals surface area contributed by atoms with Crippen LogP contribution in [0.4, 0.5) is 22.7 Å². The fourth-order valence-electron chi connectivity index (χ4n) is 8.51. The second-order valence-electron chi connectivity index (χ2n) is 19.4. The zero-order valence-corrected chi connectivity index (χ0v) is 45.3. The zero-order chi connectivity index (χ0) is 54.0. The van der Waals surface area contributed by atoms with Crippen molar-refractivity contribution in [1.29, 1.82) is 0 Å². The molecule has 3 aliphatic carbocycles. The van der Waals surface area contributed by atoms with E-state index in [0.29, 0.717) is 40.3 Å². The van der Waals surface area contributed by atoms with Gasteiger partial charge < -0.3 is 42.2 Å². The normalized spacial score (nSPS) is 15.2. The van der Waals surface area contributed by atoms with Crippen LogP contribution in [-0.4, -0.2) is 98.1 Å². The molecule has 1 aromatic heterocycles. The van der Waals surface area contributed by atoms with Crippen LogP contribution in [0.2, 0.25) is 0 Å². The molecule has 4 amide bonds. The number of nitrogens with one attached hydrogen (secondary N) is 5. The van der Waals surface area contributed by atoms with Crippen molar-refractivity contribution in [3.63, 3.8) is 0 Å². The highest BCUT2D eigenvalue weighted by atomic mass is 32.2. The van der Waals surface area contributed by atoms with Gasteiger partial charge in [0.2, 0.25) is 33.5 Å². The highest BCUT2D eigenvalue weighted by Gasteiger charge is 2.31. The van der Waals surface area contributed by atoms with Gasteiger partial charge in [-0.1, -0.05) is 86.5 Å². The van der Waals surface area contributed by atoms with Crippen LogP contribution >= 0.6 is 11.8 Å². The lowest BCUT2D eigenvalue weighted by Gasteiger charge is -2.35. The van der Waals surface area contributed by atoms with Gasteiger partial charge in [-0.05, 0) is 119 Å². The van der Waals surface area contributed by atoms with Crippen molar-refractivity contribution in [3.8, 4) is 0 Å². The van der Waals surface area contributed by atoms with Crippen LogP contribution in [0.15, 0.2) is 128 Å².